The molecule has 0 spiro atoms. The van der Waals surface area contributed by atoms with Crippen LogP contribution in [-0.4, -0.2) is 15.4 Å². The van der Waals surface area contributed by atoms with E-state index in [1.54, 1.807) is 18.5 Å². The van der Waals surface area contributed by atoms with Crippen LogP contribution in [0.25, 0.3) is 5.65 Å². The van der Waals surface area contributed by atoms with E-state index < -0.39 is 0 Å². The maximum Gasteiger partial charge on any atom is 0.313 e. The van der Waals surface area contributed by atoms with Gasteiger partial charge in [0.15, 0.2) is 0 Å². The van der Waals surface area contributed by atoms with Crippen LogP contribution in [0, 0.1) is 12.8 Å². The summed E-state index contributed by atoms with van der Waals surface area (Å²) in [7, 11) is 0. The molecule has 0 unspecified atom stereocenters. The third-order valence-electron chi connectivity index (χ3n) is 2.35. The second-order valence-corrected chi connectivity index (χ2v) is 4.07. The number of esters is 1. The third kappa shape index (κ3) is 1.91. The Morgan fingerprint density at radius 2 is 2.19 bits per heavy atom. The minimum Gasteiger partial charge on any atom is -0.425 e. The molecular formula is C12H14N2O2. The maximum absolute atomic E-state index is 11.4. The van der Waals surface area contributed by atoms with Crippen molar-refractivity contribution in [3.63, 3.8) is 0 Å². The molecule has 0 saturated carbocycles. The number of hydrogen-bond donors (Lipinski definition) is 0. The van der Waals surface area contributed by atoms with Crippen molar-refractivity contribution in [2.24, 2.45) is 5.92 Å². The van der Waals surface area contributed by atoms with Gasteiger partial charge in [0.25, 0.3) is 0 Å². The molecule has 0 saturated heterocycles. The Morgan fingerprint density at radius 1 is 1.44 bits per heavy atom. The Labute approximate surface area is 93.9 Å². The monoisotopic (exact) mass is 218 g/mol. The number of rotatable bonds is 2. The molecule has 4 nitrogen and oxygen atoms in total. The van der Waals surface area contributed by atoms with Crippen LogP contribution in [-0.2, 0) is 4.79 Å². The fourth-order valence-corrected chi connectivity index (χ4v) is 1.38. The Balaban J connectivity index is 2.32. The number of imidazole rings is 1. The summed E-state index contributed by atoms with van der Waals surface area (Å²) in [6.45, 7) is 5.57. The predicted molar refractivity (Wildman–Crippen MR) is 60.4 cm³/mol. The number of carbonyl (C=O) groups excluding carboxylic acids is 1. The highest BCUT2D eigenvalue weighted by Gasteiger charge is 2.10. The molecular weight excluding hydrogens is 204 g/mol. The van der Waals surface area contributed by atoms with Gasteiger partial charge >= 0.3 is 5.97 Å². The van der Waals surface area contributed by atoms with Crippen molar-refractivity contribution in [3.05, 3.63) is 30.2 Å². The highest BCUT2D eigenvalue weighted by molar-refractivity contribution is 5.74. The number of fused-ring (bicyclic) bond motifs is 1. The van der Waals surface area contributed by atoms with Gasteiger partial charge in [-0.3, -0.25) is 4.79 Å². The van der Waals surface area contributed by atoms with Gasteiger partial charge < -0.3 is 9.14 Å². The van der Waals surface area contributed by atoms with Crippen LogP contribution >= 0.6 is 0 Å². The topological polar surface area (TPSA) is 43.6 Å². The molecule has 0 aliphatic carbocycles. The van der Waals surface area contributed by atoms with Gasteiger partial charge in [0, 0.05) is 11.9 Å². The average molecular weight is 218 g/mol. The molecule has 0 atom stereocenters. The minimum absolute atomic E-state index is 0.125. The van der Waals surface area contributed by atoms with Crippen molar-refractivity contribution in [3.8, 4) is 5.75 Å². The minimum atomic E-state index is -0.225. The lowest BCUT2D eigenvalue weighted by Gasteiger charge is -2.07. The SMILES string of the molecule is Cc1cnc2ccc(OC(=O)C(C)C)cn12. The van der Waals surface area contributed by atoms with Crippen molar-refractivity contribution in [2.75, 3.05) is 0 Å². The molecule has 0 aromatic carbocycles. The number of ether oxygens (including phenoxy) is 1. The lowest BCUT2D eigenvalue weighted by Crippen LogP contribution is -2.15. The van der Waals surface area contributed by atoms with Crippen LogP contribution < -0.4 is 4.74 Å². The largest absolute Gasteiger partial charge is 0.425 e. The first-order valence-electron chi connectivity index (χ1n) is 5.23. The third-order valence-corrected chi connectivity index (χ3v) is 2.35. The summed E-state index contributed by atoms with van der Waals surface area (Å²) in [5.74, 6) is 0.198. The van der Waals surface area contributed by atoms with Crippen LogP contribution in [0.15, 0.2) is 24.5 Å². The van der Waals surface area contributed by atoms with Gasteiger partial charge in [0.2, 0.25) is 0 Å². The summed E-state index contributed by atoms with van der Waals surface area (Å²) in [4.78, 5) is 15.6. The van der Waals surface area contributed by atoms with E-state index in [0.29, 0.717) is 5.75 Å². The van der Waals surface area contributed by atoms with Crippen molar-refractivity contribution in [1.82, 2.24) is 9.38 Å². The summed E-state index contributed by atoms with van der Waals surface area (Å²) in [5.41, 5.74) is 1.86. The van der Waals surface area contributed by atoms with Crippen LogP contribution in [0.1, 0.15) is 19.5 Å². The number of nitrogens with zero attached hydrogens (tertiary/aromatic N) is 2. The van der Waals surface area contributed by atoms with E-state index in [0.717, 1.165) is 11.3 Å². The predicted octanol–water partition coefficient (Wildman–Crippen LogP) is 2.20. The van der Waals surface area contributed by atoms with Crippen molar-refractivity contribution in [2.45, 2.75) is 20.8 Å². The number of carbonyl (C=O) groups is 1. The Morgan fingerprint density at radius 3 is 2.88 bits per heavy atom. The van der Waals surface area contributed by atoms with Gasteiger partial charge in [-0.15, -0.1) is 0 Å². The molecule has 0 N–H and O–H groups in total. The molecule has 0 bridgehead atoms. The van der Waals surface area contributed by atoms with Gasteiger partial charge in [-0.05, 0) is 19.1 Å². The van der Waals surface area contributed by atoms with Gasteiger partial charge in [0.05, 0.1) is 12.1 Å². The molecule has 0 amide bonds. The molecule has 0 radical (unpaired) electrons. The zero-order valence-corrected chi connectivity index (χ0v) is 9.60. The van der Waals surface area contributed by atoms with Gasteiger partial charge in [-0.1, -0.05) is 13.8 Å². The van der Waals surface area contributed by atoms with E-state index in [1.807, 2.05) is 31.2 Å². The fraction of sp³-hybridized carbons (Fsp3) is 0.333. The summed E-state index contributed by atoms with van der Waals surface area (Å²) < 4.78 is 7.11. The first-order chi connectivity index (χ1) is 7.58. The maximum atomic E-state index is 11.4. The molecule has 2 aromatic rings. The number of hydrogen-bond acceptors (Lipinski definition) is 3. The summed E-state index contributed by atoms with van der Waals surface area (Å²) >= 11 is 0. The quantitative estimate of drug-likeness (QED) is 0.726. The van der Waals surface area contributed by atoms with Crippen molar-refractivity contribution >= 4 is 11.6 Å². The number of aromatic nitrogens is 2. The zero-order valence-electron chi connectivity index (χ0n) is 9.60. The second-order valence-electron chi connectivity index (χ2n) is 4.07. The number of aryl methyl sites for hydroxylation is 1. The molecule has 2 aromatic heterocycles. The van der Waals surface area contributed by atoms with Crippen molar-refractivity contribution in [1.29, 1.82) is 0 Å². The normalized spacial score (nSPS) is 11.0. The Hall–Kier alpha value is -1.84. The highest BCUT2D eigenvalue weighted by atomic mass is 16.5. The standard InChI is InChI=1S/C12H14N2O2/c1-8(2)12(15)16-10-4-5-11-13-6-9(3)14(11)7-10/h4-8H,1-3H3. The summed E-state index contributed by atoms with van der Waals surface area (Å²) in [6.07, 6.45) is 3.56. The zero-order chi connectivity index (χ0) is 11.7. The molecule has 0 aliphatic rings. The molecule has 2 rings (SSSR count). The highest BCUT2D eigenvalue weighted by Crippen LogP contribution is 2.15. The molecule has 16 heavy (non-hydrogen) atoms. The van der Waals surface area contributed by atoms with Crippen LogP contribution in [0.3, 0.4) is 0 Å². The average Bonchev–Trinajstić information content (AvgIpc) is 2.60. The molecule has 0 aliphatic heterocycles. The van der Waals surface area contributed by atoms with E-state index in [2.05, 4.69) is 4.98 Å². The Kier molecular flexibility index (Phi) is 2.64. The molecule has 0 fully saturated rings. The fourth-order valence-electron chi connectivity index (χ4n) is 1.38. The van der Waals surface area contributed by atoms with E-state index in [-0.39, 0.29) is 11.9 Å². The molecule has 84 valence electrons. The lowest BCUT2D eigenvalue weighted by molar-refractivity contribution is -0.137. The van der Waals surface area contributed by atoms with Crippen LogP contribution in [0.2, 0.25) is 0 Å². The number of pyridine rings is 1. The van der Waals surface area contributed by atoms with Gasteiger partial charge in [0.1, 0.15) is 11.4 Å². The molecule has 4 heteroatoms. The van der Waals surface area contributed by atoms with E-state index in [1.165, 1.54) is 0 Å². The first-order valence-corrected chi connectivity index (χ1v) is 5.23. The van der Waals surface area contributed by atoms with Gasteiger partial charge in [-0.2, -0.15) is 0 Å². The van der Waals surface area contributed by atoms with E-state index >= 15 is 0 Å². The van der Waals surface area contributed by atoms with Gasteiger partial charge in [-0.25, -0.2) is 4.98 Å². The van der Waals surface area contributed by atoms with Crippen molar-refractivity contribution < 1.29 is 9.53 Å². The Bertz CT molecular complexity index is 529. The lowest BCUT2D eigenvalue weighted by atomic mass is 10.2. The summed E-state index contributed by atoms with van der Waals surface area (Å²) in [6, 6.07) is 3.58. The second kappa shape index (κ2) is 3.96. The van der Waals surface area contributed by atoms with E-state index in [9.17, 15) is 4.79 Å². The van der Waals surface area contributed by atoms with Crippen LogP contribution in [0.5, 0.6) is 5.75 Å². The smallest absolute Gasteiger partial charge is 0.313 e. The first kappa shape index (κ1) is 10.7. The molecule has 2 heterocycles. The van der Waals surface area contributed by atoms with E-state index in [4.69, 9.17) is 4.74 Å². The summed E-state index contributed by atoms with van der Waals surface area (Å²) in [5, 5.41) is 0. The van der Waals surface area contributed by atoms with Crippen LogP contribution in [0.4, 0.5) is 0 Å².